The quantitative estimate of drug-likeness (QED) is 0.514. The molecule has 2 aromatic carbocycles. The van der Waals surface area contributed by atoms with E-state index in [0.717, 1.165) is 33.5 Å². The molecule has 1 N–H and O–H groups in total. The molecule has 0 aliphatic heterocycles. The van der Waals surface area contributed by atoms with Gasteiger partial charge in [0.25, 0.3) is 0 Å². The van der Waals surface area contributed by atoms with Crippen molar-refractivity contribution in [2.75, 3.05) is 40.3 Å². The Labute approximate surface area is 175 Å². The number of anilines is 1. The van der Waals surface area contributed by atoms with Crippen LogP contribution in [0.3, 0.4) is 0 Å². The maximum absolute atomic E-state index is 5.54. The van der Waals surface area contributed by atoms with E-state index in [9.17, 15) is 0 Å². The maximum atomic E-state index is 5.54. The summed E-state index contributed by atoms with van der Waals surface area (Å²) in [7, 11) is 8.86. The zero-order chi connectivity index (χ0) is 21.3. The first-order valence-electron chi connectivity index (χ1n) is 9.48. The van der Waals surface area contributed by atoms with E-state index in [0.29, 0.717) is 22.9 Å². The minimum absolute atomic E-state index is 0.556. The Hall–Kier alpha value is -3.74. The molecule has 2 heterocycles. The van der Waals surface area contributed by atoms with Crippen LogP contribution in [0.4, 0.5) is 5.69 Å². The second-order valence-electron chi connectivity index (χ2n) is 7.01. The summed E-state index contributed by atoms with van der Waals surface area (Å²) in [4.78, 5) is 6.51. The fraction of sp³-hybridized carbons (Fsp3) is 0.217. The lowest BCUT2D eigenvalue weighted by Crippen LogP contribution is -2.07. The van der Waals surface area contributed by atoms with Gasteiger partial charge >= 0.3 is 0 Å². The Bertz CT molecular complexity index is 1160. The summed E-state index contributed by atoms with van der Waals surface area (Å²) in [5, 5.41) is 8.51. The van der Waals surface area contributed by atoms with Crippen molar-refractivity contribution in [3.63, 3.8) is 0 Å². The van der Waals surface area contributed by atoms with Gasteiger partial charge in [0.2, 0.25) is 5.75 Å². The molecule has 2 aromatic heterocycles. The van der Waals surface area contributed by atoms with Crippen LogP contribution in [0.1, 0.15) is 0 Å². The van der Waals surface area contributed by atoms with E-state index in [4.69, 9.17) is 14.2 Å². The van der Waals surface area contributed by atoms with Gasteiger partial charge in [0.15, 0.2) is 17.1 Å². The zero-order valence-corrected chi connectivity index (χ0v) is 17.7. The smallest absolute Gasteiger partial charge is 0.203 e. The first-order chi connectivity index (χ1) is 14.6. The first-order valence-corrected chi connectivity index (χ1v) is 9.48. The number of fused-ring (bicyclic) bond motifs is 1. The predicted molar refractivity (Wildman–Crippen MR) is 119 cm³/mol. The van der Waals surface area contributed by atoms with Crippen LogP contribution in [-0.4, -0.2) is 50.6 Å². The SMILES string of the molecule is COc1cc(-c2ccnc3n[nH]c(-c4ccc(N(C)C)cc4)c23)cc(OC)c1OC. The second-order valence-corrected chi connectivity index (χ2v) is 7.01. The number of hydrogen-bond donors (Lipinski definition) is 1. The number of ether oxygens (including phenoxy) is 3. The third-order valence-electron chi connectivity index (χ3n) is 5.10. The average Bonchev–Trinajstić information content (AvgIpc) is 3.22. The van der Waals surface area contributed by atoms with Crippen molar-refractivity contribution in [2.45, 2.75) is 0 Å². The second kappa shape index (κ2) is 7.94. The topological polar surface area (TPSA) is 72.5 Å². The Morgan fingerprint density at radius 3 is 2.07 bits per heavy atom. The van der Waals surface area contributed by atoms with Crippen LogP contribution in [0.2, 0.25) is 0 Å². The van der Waals surface area contributed by atoms with Crippen LogP contribution < -0.4 is 19.1 Å². The molecule has 4 aromatic rings. The van der Waals surface area contributed by atoms with Crippen molar-refractivity contribution in [1.82, 2.24) is 15.2 Å². The maximum Gasteiger partial charge on any atom is 0.203 e. The highest BCUT2D eigenvalue weighted by Gasteiger charge is 2.19. The van der Waals surface area contributed by atoms with Crippen molar-refractivity contribution in [3.8, 4) is 39.6 Å². The Morgan fingerprint density at radius 2 is 1.50 bits per heavy atom. The predicted octanol–water partition coefficient (Wildman–Crippen LogP) is 4.38. The number of nitrogens with zero attached hydrogens (tertiary/aromatic N) is 3. The summed E-state index contributed by atoms with van der Waals surface area (Å²) in [5.41, 5.74) is 5.61. The van der Waals surface area contributed by atoms with Crippen LogP contribution in [0, 0.1) is 0 Å². The molecule has 7 heteroatoms. The van der Waals surface area contributed by atoms with Crippen molar-refractivity contribution in [1.29, 1.82) is 0 Å². The molecule has 0 atom stereocenters. The summed E-state index contributed by atoms with van der Waals surface area (Å²) < 4.78 is 16.5. The molecule has 30 heavy (non-hydrogen) atoms. The van der Waals surface area contributed by atoms with Gasteiger partial charge in [-0.3, -0.25) is 5.10 Å². The van der Waals surface area contributed by atoms with Crippen LogP contribution in [0.5, 0.6) is 17.2 Å². The molecule has 0 radical (unpaired) electrons. The third kappa shape index (κ3) is 3.28. The van der Waals surface area contributed by atoms with Gasteiger partial charge in [0.05, 0.1) is 32.4 Å². The summed E-state index contributed by atoms with van der Waals surface area (Å²) in [6, 6.07) is 14.2. The Morgan fingerprint density at radius 1 is 0.833 bits per heavy atom. The molecule has 0 amide bonds. The standard InChI is InChI=1S/C23H24N4O3/c1-27(2)16-8-6-14(7-9-16)21-20-17(10-11-24-23(20)26-25-21)15-12-18(28-3)22(30-5)19(13-15)29-4/h6-13H,1-5H3,(H,24,25,26). The fourth-order valence-electron chi connectivity index (χ4n) is 3.56. The minimum Gasteiger partial charge on any atom is -0.493 e. The van der Waals surface area contributed by atoms with E-state index >= 15 is 0 Å². The van der Waals surface area contributed by atoms with Crippen molar-refractivity contribution < 1.29 is 14.2 Å². The summed E-state index contributed by atoms with van der Waals surface area (Å²) >= 11 is 0. The first kappa shape index (κ1) is 19.6. The minimum atomic E-state index is 0.556. The largest absolute Gasteiger partial charge is 0.493 e. The molecule has 0 aliphatic rings. The zero-order valence-electron chi connectivity index (χ0n) is 17.7. The molecule has 0 aliphatic carbocycles. The normalized spacial score (nSPS) is 10.8. The molecule has 4 rings (SSSR count). The van der Waals surface area contributed by atoms with Gasteiger partial charge < -0.3 is 19.1 Å². The lowest BCUT2D eigenvalue weighted by atomic mass is 9.99. The van der Waals surface area contributed by atoms with Crippen LogP contribution in [-0.2, 0) is 0 Å². The van der Waals surface area contributed by atoms with Gasteiger partial charge in [-0.25, -0.2) is 4.98 Å². The van der Waals surface area contributed by atoms with Crippen molar-refractivity contribution >= 4 is 16.7 Å². The van der Waals surface area contributed by atoms with Crippen molar-refractivity contribution in [2.24, 2.45) is 0 Å². The molecular weight excluding hydrogens is 380 g/mol. The van der Waals surface area contributed by atoms with Gasteiger partial charge in [-0.2, -0.15) is 5.10 Å². The molecule has 154 valence electrons. The molecule has 0 saturated heterocycles. The van der Waals surface area contributed by atoms with E-state index in [1.54, 1.807) is 27.5 Å². The average molecular weight is 404 g/mol. The number of H-pyrrole nitrogens is 1. The number of pyridine rings is 1. The fourth-order valence-corrected chi connectivity index (χ4v) is 3.56. The Kier molecular flexibility index (Phi) is 5.18. The number of nitrogens with one attached hydrogen (secondary N) is 1. The van der Waals surface area contributed by atoms with E-state index in [1.165, 1.54) is 0 Å². The lowest BCUT2D eigenvalue weighted by molar-refractivity contribution is 0.324. The van der Waals surface area contributed by atoms with E-state index in [1.807, 2.05) is 32.3 Å². The number of hydrogen-bond acceptors (Lipinski definition) is 6. The summed E-state index contributed by atoms with van der Waals surface area (Å²) in [6.45, 7) is 0. The number of rotatable bonds is 6. The molecular formula is C23H24N4O3. The third-order valence-corrected chi connectivity index (χ3v) is 5.10. The number of methoxy groups -OCH3 is 3. The van der Waals surface area contributed by atoms with Gasteiger partial charge in [0, 0.05) is 31.5 Å². The molecule has 0 saturated carbocycles. The lowest BCUT2D eigenvalue weighted by Gasteiger charge is -2.15. The summed E-state index contributed by atoms with van der Waals surface area (Å²) in [6.07, 6.45) is 1.75. The van der Waals surface area contributed by atoms with Crippen LogP contribution in [0.15, 0.2) is 48.7 Å². The summed E-state index contributed by atoms with van der Waals surface area (Å²) in [5.74, 6) is 1.75. The van der Waals surface area contributed by atoms with E-state index in [2.05, 4.69) is 44.3 Å². The molecule has 0 spiro atoms. The van der Waals surface area contributed by atoms with Gasteiger partial charge in [-0.15, -0.1) is 0 Å². The molecule has 0 unspecified atom stereocenters. The van der Waals surface area contributed by atoms with E-state index in [-0.39, 0.29) is 0 Å². The molecule has 0 fully saturated rings. The van der Waals surface area contributed by atoms with Crippen molar-refractivity contribution in [3.05, 3.63) is 48.7 Å². The number of aromatic amines is 1. The molecule has 7 nitrogen and oxygen atoms in total. The van der Waals surface area contributed by atoms with Gasteiger partial charge in [0.1, 0.15) is 0 Å². The van der Waals surface area contributed by atoms with Crippen LogP contribution in [0.25, 0.3) is 33.4 Å². The Balaban J connectivity index is 1.92. The highest BCUT2D eigenvalue weighted by molar-refractivity contribution is 6.02. The van der Waals surface area contributed by atoms with E-state index < -0.39 is 0 Å². The molecule has 0 bridgehead atoms. The highest BCUT2D eigenvalue weighted by atomic mass is 16.5. The number of aromatic nitrogens is 3. The highest BCUT2D eigenvalue weighted by Crippen LogP contribution is 2.43. The van der Waals surface area contributed by atoms with Gasteiger partial charge in [-0.1, -0.05) is 12.1 Å². The number of benzene rings is 2. The van der Waals surface area contributed by atoms with Crippen LogP contribution >= 0.6 is 0 Å². The monoisotopic (exact) mass is 404 g/mol. The van der Waals surface area contributed by atoms with Gasteiger partial charge in [-0.05, 0) is 41.5 Å².